The molecule has 64 valence electrons. The molecule has 12 heavy (non-hydrogen) atoms. The highest BCUT2D eigenvalue weighted by Gasteiger charge is 2.31. The molecule has 3 N–H and O–H groups in total. The van der Waals surface area contributed by atoms with Crippen LogP contribution in [0, 0.1) is 0 Å². The molecule has 1 aliphatic carbocycles. The normalized spacial score (nSPS) is 27.2. The zero-order valence-corrected chi connectivity index (χ0v) is 7.17. The van der Waals surface area contributed by atoms with Gasteiger partial charge in [0.25, 0.3) is 0 Å². The van der Waals surface area contributed by atoms with Crippen molar-refractivity contribution in [1.82, 2.24) is 0 Å². The number of hydrogen-bond donors (Lipinski definition) is 2. The van der Waals surface area contributed by atoms with Crippen molar-refractivity contribution >= 4 is 5.69 Å². The maximum atomic E-state index is 9.92. The quantitative estimate of drug-likeness (QED) is 0.568. The van der Waals surface area contributed by atoms with Crippen LogP contribution in [0.2, 0.25) is 0 Å². The van der Waals surface area contributed by atoms with Crippen molar-refractivity contribution in [3.8, 4) is 0 Å². The van der Waals surface area contributed by atoms with E-state index in [1.165, 1.54) is 5.56 Å². The van der Waals surface area contributed by atoms with Crippen molar-refractivity contribution in [3.05, 3.63) is 29.3 Å². The van der Waals surface area contributed by atoms with Crippen LogP contribution in [0.15, 0.2) is 18.2 Å². The van der Waals surface area contributed by atoms with E-state index in [-0.39, 0.29) is 0 Å². The molecule has 1 unspecified atom stereocenters. The summed E-state index contributed by atoms with van der Waals surface area (Å²) < 4.78 is 0. The van der Waals surface area contributed by atoms with Gasteiger partial charge in [0.2, 0.25) is 0 Å². The van der Waals surface area contributed by atoms with Crippen LogP contribution in [-0.2, 0) is 12.0 Å². The maximum Gasteiger partial charge on any atom is 0.0875 e. The van der Waals surface area contributed by atoms with Crippen molar-refractivity contribution in [1.29, 1.82) is 0 Å². The van der Waals surface area contributed by atoms with E-state index in [0.29, 0.717) is 0 Å². The fourth-order valence-electron chi connectivity index (χ4n) is 1.83. The van der Waals surface area contributed by atoms with Gasteiger partial charge in [-0.1, -0.05) is 6.07 Å². The van der Waals surface area contributed by atoms with Gasteiger partial charge in [0, 0.05) is 5.69 Å². The molecule has 1 aromatic rings. The number of fused-ring (bicyclic) bond motifs is 1. The van der Waals surface area contributed by atoms with E-state index in [4.69, 9.17) is 5.73 Å². The molecule has 1 atom stereocenters. The minimum Gasteiger partial charge on any atom is -0.399 e. The molecule has 0 spiro atoms. The molecule has 2 heteroatoms. The first-order valence-electron chi connectivity index (χ1n) is 4.21. The maximum absolute atomic E-state index is 9.92. The molecule has 2 nitrogen and oxygen atoms in total. The lowest BCUT2D eigenvalue weighted by Gasteiger charge is -2.17. The van der Waals surface area contributed by atoms with Crippen molar-refractivity contribution in [2.45, 2.75) is 25.4 Å². The first-order valence-corrected chi connectivity index (χ1v) is 4.21. The lowest BCUT2D eigenvalue weighted by molar-refractivity contribution is 0.0595. The molecular weight excluding hydrogens is 150 g/mol. The molecule has 0 amide bonds. The number of anilines is 1. The fourth-order valence-corrected chi connectivity index (χ4v) is 1.83. The summed E-state index contributed by atoms with van der Waals surface area (Å²) >= 11 is 0. The number of hydrogen-bond acceptors (Lipinski definition) is 2. The van der Waals surface area contributed by atoms with Crippen LogP contribution < -0.4 is 5.73 Å². The Morgan fingerprint density at radius 1 is 1.50 bits per heavy atom. The summed E-state index contributed by atoms with van der Waals surface area (Å²) in [5.74, 6) is 0. The molecule has 1 aromatic carbocycles. The summed E-state index contributed by atoms with van der Waals surface area (Å²) in [6.45, 7) is 1.85. The van der Waals surface area contributed by atoms with Crippen LogP contribution in [0.3, 0.4) is 0 Å². The van der Waals surface area contributed by atoms with Crippen LogP contribution in [0.25, 0.3) is 0 Å². The largest absolute Gasteiger partial charge is 0.399 e. The van der Waals surface area contributed by atoms with Crippen LogP contribution in [0.5, 0.6) is 0 Å². The summed E-state index contributed by atoms with van der Waals surface area (Å²) in [6.07, 6.45) is 1.77. The van der Waals surface area contributed by atoms with Gasteiger partial charge in [-0.3, -0.25) is 0 Å². The van der Waals surface area contributed by atoms with Crippen molar-refractivity contribution in [2.24, 2.45) is 0 Å². The third-order valence-corrected chi connectivity index (χ3v) is 2.60. The minimum absolute atomic E-state index is 0.662. The molecule has 0 heterocycles. The fraction of sp³-hybridized carbons (Fsp3) is 0.400. The van der Waals surface area contributed by atoms with Gasteiger partial charge in [0.05, 0.1) is 5.60 Å². The van der Waals surface area contributed by atoms with Crippen LogP contribution in [-0.4, -0.2) is 5.11 Å². The topological polar surface area (TPSA) is 46.2 Å². The molecule has 0 saturated heterocycles. The molecule has 0 radical (unpaired) electrons. The zero-order valence-electron chi connectivity index (χ0n) is 7.17. The second-order valence-electron chi connectivity index (χ2n) is 3.69. The average molecular weight is 163 g/mol. The summed E-state index contributed by atoms with van der Waals surface area (Å²) in [7, 11) is 0. The van der Waals surface area contributed by atoms with Crippen molar-refractivity contribution < 1.29 is 5.11 Å². The Hall–Kier alpha value is -1.02. The predicted octanol–water partition coefficient (Wildman–Crippen LogP) is 1.42. The minimum atomic E-state index is -0.662. The number of benzene rings is 1. The van der Waals surface area contributed by atoms with Crippen LogP contribution in [0.1, 0.15) is 24.5 Å². The first kappa shape index (κ1) is 7.62. The van der Waals surface area contributed by atoms with Crippen LogP contribution in [0.4, 0.5) is 5.69 Å². The molecule has 1 aliphatic rings. The third-order valence-electron chi connectivity index (χ3n) is 2.60. The molecule has 2 rings (SSSR count). The van der Waals surface area contributed by atoms with Crippen molar-refractivity contribution in [3.63, 3.8) is 0 Å². The van der Waals surface area contributed by atoms with E-state index in [0.717, 1.165) is 24.1 Å². The Balaban J connectivity index is 2.57. The summed E-state index contributed by atoms with van der Waals surface area (Å²) in [5, 5.41) is 9.92. The molecular formula is C10H13NO. The van der Waals surface area contributed by atoms with E-state index in [1.807, 2.05) is 25.1 Å². The van der Waals surface area contributed by atoms with Crippen molar-refractivity contribution in [2.75, 3.05) is 5.73 Å². The second kappa shape index (κ2) is 2.23. The van der Waals surface area contributed by atoms with E-state index in [9.17, 15) is 5.11 Å². The number of aryl methyl sites for hydroxylation is 1. The Morgan fingerprint density at radius 3 is 3.00 bits per heavy atom. The van der Waals surface area contributed by atoms with E-state index >= 15 is 0 Å². The molecule has 0 fully saturated rings. The van der Waals surface area contributed by atoms with Gasteiger partial charge >= 0.3 is 0 Å². The van der Waals surface area contributed by atoms with Gasteiger partial charge in [-0.15, -0.1) is 0 Å². The Kier molecular flexibility index (Phi) is 1.42. The average Bonchev–Trinajstić information content (AvgIpc) is 2.28. The zero-order chi connectivity index (χ0) is 8.77. The SMILES string of the molecule is CC1(O)CCc2ccc(N)cc21. The molecule has 0 saturated carbocycles. The van der Waals surface area contributed by atoms with E-state index in [1.54, 1.807) is 0 Å². The predicted molar refractivity (Wildman–Crippen MR) is 48.7 cm³/mol. The molecule has 0 aromatic heterocycles. The van der Waals surface area contributed by atoms with E-state index < -0.39 is 5.60 Å². The van der Waals surface area contributed by atoms with Gasteiger partial charge in [0.1, 0.15) is 0 Å². The lowest BCUT2D eigenvalue weighted by atomic mass is 9.98. The Labute approximate surface area is 72.0 Å². The highest BCUT2D eigenvalue weighted by molar-refractivity contribution is 5.48. The Morgan fingerprint density at radius 2 is 2.25 bits per heavy atom. The highest BCUT2D eigenvalue weighted by atomic mass is 16.3. The standard InChI is InChI=1S/C10H13NO/c1-10(12)5-4-7-2-3-8(11)6-9(7)10/h2-3,6,12H,4-5,11H2,1H3. The number of aliphatic hydroxyl groups is 1. The number of nitrogens with two attached hydrogens (primary N) is 1. The number of rotatable bonds is 0. The molecule has 0 bridgehead atoms. The monoisotopic (exact) mass is 163 g/mol. The van der Waals surface area contributed by atoms with Gasteiger partial charge in [-0.2, -0.15) is 0 Å². The van der Waals surface area contributed by atoms with Crippen LogP contribution >= 0.6 is 0 Å². The summed E-state index contributed by atoms with van der Waals surface area (Å²) in [6, 6.07) is 5.77. The molecule has 0 aliphatic heterocycles. The highest BCUT2D eigenvalue weighted by Crippen LogP contribution is 2.37. The van der Waals surface area contributed by atoms with Gasteiger partial charge in [-0.25, -0.2) is 0 Å². The first-order chi connectivity index (χ1) is 5.59. The lowest BCUT2D eigenvalue weighted by Crippen LogP contribution is -2.16. The third kappa shape index (κ3) is 0.994. The summed E-state index contributed by atoms with van der Waals surface area (Å²) in [5.41, 5.74) is 7.94. The number of nitrogen functional groups attached to an aromatic ring is 1. The second-order valence-corrected chi connectivity index (χ2v) is 3.69. The van der Waals surface area contributed by atoms with E-state index in [2.05, 4.69) is 0 Å². The summed E-state index contributed by atoms with van der Waals surface area (Å²) in [4.78, 5) is 0. The van der Waals surface area contributed by atoms with Gasteiger partial charge in [0.15, 0.2) is 0 Å². The smallest absolute Gasteiger partial charge is 0.0875 e. The van der Waals surface area contributed by atoms with Gasteiger partial charge < -0.3 is 10.8 Å². The Bertz CT molecular complexity index is 318. The van der Waals surface area contributed by atoms with Gasteiger partial charge in [-0.05, 0) is 43.0 Å².